The van der Waals surface area contributed by atoms with Gasteiger partial charge in [0.25, 0.3) is 5.60 Å². The number of carbonyl (C=O) groups excluding carboxylic acids is 3. The fraction of sp³-hybridized carbons (Fsp3) is 0.462. The number of esters is 2. The molecule has 2 unspecified atom stereocenters. The number of benzene rings is 2. The van der Waals surface area contributed by atoms with Gasteiger partial charge >= 0.3 is 18.1 Å². The number of methoxy groups -OCH3 is 2. The van der Waals surface area contributed by atoms with Crippen molar-refractivity contribution in [3.8, 4) is 11.5 Å². The summed E-state index contributed by atoms with van der Waals surface area (Å²) in [5, 5.41) is 9.90. The predicted octanol–water partition coefficient (Wildman–Crippen LogP) is 8.52. The summed E-state index contributed by atoms with van der Waals surface area (Å²) in [5.41, 5.74) is -2.51. The third-order valence-electron chi connectivity index (χ3n) is 8.38. The molecule has 1 N–H and O–H groups in total. The Balaban J connectivity index is 2.06. The Labute approximate surface area is 293 Å². The molecular formula is C39H49F3O8. The van der Waals surface area contributed by atoms with Crippen molar-refractivity contribution in [1.29, 1.82) is 0 Å². The maximum Gasteiger partial charge on any atom is 0.432 e. The van der Waals surface area contributed by atoms with Gasteiger partial charge in [-0.15, -0.1) is 0 Å². The summed E-state index contributed by atoms with van der Waals surface area (Å²) >= 11 is 0. The average molecular weight is 703 g/mol. The highest BCUT2D eigenvalue weighted by atomic mass is 19.4. The van der Waals surface area contributed by atoms with E-state index < -0.39 is 52.7 Å². The standard InChI is InChI=1S/C39H49F3O8/c1-9-37(6,50-32-21-20-31(43)24-29(32)25-34(44)47-7)22-14-16-27(4)15-13-17-28(5)35(45)33(23-26(2)3)49-36(46)38(48-8,39(40,41)42)30-18-11-10-12-19-30/h9-12,16,18-21,23-24,28,33,43H,1,13-15,17,22,25H2,2-8H3/b27-16+/t28?,33-,37?,38-/m0/s1. The Bertz CT molecular complexity index is 1530. The third kappa shape index (κ3) is 11.3. The fourth-order valence-electron chi connectivity index (χ4n) is 5.36. The summed E-state index contributed by atoms with van der Waals surface area (Å²) < 4.78 is 64.4. The van der Waals surface area contributed by atoms with Gasteiger partial charge in [-0.2, -0.15) is 13.2 Å². The molecule has 0 bridgehead atoms. The number of rotatable bonds is 19. The Morgan fingerprint density at radius 2 is 1.68 bits per heavy atom. The largest absolute Gasteiger partial charge is 0.508 e. The SMILES string of the molecule is C=CC(C)(CC/C=C(\C)CCCC(C)C(=O)[C@H](C=C(C)C)OC(=O)[C@@](OC)(c1ccccc1)C(F)(F)F)Oc1ccc(O)cc1CC(=O)OC. The zero-order valence-corrected chi connectivity index (χ0v) is 29.9. The molecule has 0 spiro atoms. The smallest absolute Gasteiger partial charge is 0.432 e. The molecule has 50 heavy (non-hydrogen) atoms. The van der Waals surface area contributed by atoms with Crippen molar-refractivity contribution in [3.05, 3.63) is 95.6 Å². The van der Waals surface area contributed by atoms with Crippen LogP contribution in [0.2, 0.25) is 0 Å². The first-order valence-corrected chi connectivity index (χ1v) is 16.4. The molecule has 2 aromatic carbocycles. The predicted molar refractivity (Wildman–Crippen MR) is 185 cm³/mol. The van der Waals surface area contributed by atoms with Crippen LogP contribution in [0.1, 0.15) is 77.8 Å². The van der Waals surface area contributed by atoms with Crippen LogP contribution in [0.5, 0.6) is 11.5 Å². The number of hydrogen-bond acceptors (Lipinski definition) is 8. The molecule has 8 nitrogen and oxygen atoms in total. The van der Waals surface area contributed by atoms with Crippen molar-refractivity contribution in [2.75, 3.05) is 14.2 Å². The number of phenolic OH excluding ortho intramolecular Hbond substituents is 1. The first kappa shape index (κ1) is 41.8. The number of allylic oxidation sites excluding steroid dienone is 3. The van der Waals surface area contributed by atoms with Crippen LogP contribution in [0.3, 0.4) is 0 Å². The number of hydrogen-bond donors (Lipinski definition) is 1. The highest BCUT2D eigenvalue weighted by Gasteiger charge is 2.64. The van der Waals surface area contributed by atoms with E-state index in [0.29, 0.717) is 49.0 Å². The maximum atomic E-state index is 14.4. The van der Waals surface area contributed by atoms with Crippen LogP contribution < -0.4 is 4.74 Å². The van der Waals surface area contributed by atoms with Crippen LogP contribution in [0, 0.1) is 5.92 Å². The third-order valence-corrected chi connectivity index (χ3v) is 8.38. The quantitative estimate of drug-likeness (QED) is 0.115. The van der Waals surface area contributed by atoms with Gasteiger partial charge in [-0.3, -0.25) is 9.59 Å². The number of Topliss-reactive ketones (excluding diaryl/α,β-unsaturated/α-hetero) is 1. The summed E-state index contributed by atoms with van der Waals surface area (Å²) in [6, 6.07) is 11.0. The Kier molecular flexibility index (Phi) is 15.5. The average Bonchev–Trinajstić information content (AvgIpc) is 3.05. The second-order valence-corrected chi connectivity index (χ2v) is 12.8. The van der Waals surface area contributed by atoms with Gasteiger partial charge < -0.3 is 24.1 Å². The van der Waals surface area contributed by atoms with Gasteiger partial charge in [0.1, 0.15) is 17.1 Å². The van der Waals surface area contributed by atoms with E-state index in [1.54, 1.807) is 32.9 Å². The molecule has 2 rings (SSSR count). The van der Waals surface area contributed by atoms with Crippen LogP contribution >= 0.6 is 0 Å². The lowest BCUT2D eigenvalue weighted by Crippen LogP contribution is -2.53. The van der Waals surface area contributed by atoms with Crippen LogP contribution in [0.15, 0.2) is 84.5 Å². The Hall–Kier alpha value is -4.38. The van der Waals surface area contributed by atoms with Crippen molar-refractivity contribution in [2.24, 2.45) is 5.92 Å². The first-order valence-electron chi connectivity index (χ1n) is 16.4. The molecule has 0 aliphatic rings. The van der Waals surface area contributed by atoms with E-state index >= 15 is 0 Å². The maximum absolute atomic E-state index is 14.4. The molecule has 0 fully saturated rings. The Morgan fingerprint density at radius 3 is 2.24 bits per heavy atom. The molecule has 0 aliphatic carbocycles. The van der Waals surface area contributed by atoms with E-state index in [-0.39, 0.29) is 12.2 Å². The normalized spacial score (nSPS) is 15.4. The monoisotopic (exact) mass is 702 g/mol. The van der Waals surface area contributed by atoms with Crippen LogP contribution in [-0.4, -0.2) is 54.9 Å². The molecule has 0 amide bonds. The van der Waals surface area contributed by atoms with Gasteiger partial charge in [0.15, 0.2) is 11.9 Å². The summed E-state index contributed by atoms with van der Waals surface area (Å²) in [6.45, 7) is 12.7. The lowest BCUT2D eigenvalue weighted by atomic mass is 9.91. The summed E-state index contributed by atoms with van der Waals surface area (Å²) in [7, 11) is 2.06. The minimum absolute atomic E-state index is 0.00255. The van der Waals surface area contributed by atoms with Gasteiger partial charge in [0.05, 0.1) is 13.5 Å². The van der Waals surface area contributed by atoms with E-state index in [4.69, 9.17) is 18.9 Å². The number of aromatic hydroxyl groups is 1. The topological polar surface area (TPSA) is 108 Å². The number of carbonyl (C=O) groups is 3. The molecule has 2 aromatic rings. The number of halogens is 3. The van der Waals surface area contributed by atoms with Crippen LogP contribution in [-0.2, 0) is 40.6 Å². The molecule has 0 radical (unpaired) electrons. The highest BCUT2D eigenvalue weighted by molar-refractivity contribution is 5.91. The zero-order valence-electron chi connectivity index (χ0n) is 29.9. The van der Waals surface area contributed by atoms with Crippen LogP contribution in [0.25, 0.3) is 0 Å². The summed E-state index contributed by atoms with van der Waals surface area (Å²) in [4.78, 5) is 38.6. The van der Waals surface area contributed by atoms with Crippen molar-refractivity contribution in [1.82, 2.24) is 0 Å². The number of ketones is 1. The molecule has 0 saturated heterocycles. The van der Waals surface area contributed by atoms with Crippen molar-refractivity contribution in [2.45, 2.75) is 96.6 Å². The Morgan fingerprint density at radius 1 is 1.02 bits per heavy atom. The second-order valence-electron chi connectivity index (χ2n) is 12.8. The number of phenols is 1. The van der Waals surface area contributed by atoms with E-state index in [2.05, 4.69) is 12.7 Å². The lowest BCUT2D eigenvalue weighted by molar-refractivity contribution is -0.277. The molecule has 0 aliphatic heterocycles. The second kappa shape index (κ2) is 18.6. The highest BCUT2D eigenvalue weighted by Crippen LogP contribution is 2.43. The zero-order chi connectivity index (χ0) is 37.7. The minimum Gasteiger partial charge on any atom is -0.508 e. The molecule has 4 atom stereocenters. The molecule has 11 heteroatoms. The number of alkyl halides is 3. The fourth-order valence-corrected chi connectivity index (χ4v) is 5.36. The van der Waals surface area contributed by atoms with E-state index in [9.17, 15) is 32.7 Å². The molecule has 0 aromatic heterocycles. The lowest BCUT2D eigenvalue weighted by Gasteiger charge is -2.33. The minimum atomic E-state index is -5.16. The molecule has 0 saturated carbocycles. The van der Waals surface area contributed by atoms with Crippen LogP contribution in [0.4, 0.5) is 13.2 Å². The van der Waals surface area contributed by atoms with Gasteiger partial charge in [0, 0.05) is 24.2 Å². The number of ether oxygens (including phenoxy) is 4. The molecular weight excluding hydrogens is 653 g/mol. The van der Waals surface area contributed by atoms with Crippen molar-refractivity contribution >= 4 is 17.7 Å². The van der Waals surface area contributed by atoms with Crippen molar-refractivity contribution in [3.63, 3.8) is 0 Å². The molecule has 274 valence electrons. The van der Waals surface area contributed by atoms with Crippen molar-refractivity contribution < 1.29 is 51.6 Å². The summed E-state index contributed by atoms with van der Waals surface area (Å²) in [6.07, 6.45) is 1.20. The summed E-state index contributed by atoms with van der Waals surface area (Å²) in [5.74, 6) is -2.89. The van der Waals surface area contributed by atoms with E-state index in [1.165, 1.54) is 43.5 Å². The molecule has 0 heterocycles. The van der Waals surface area contributed by atoms with Gasteiger partial charge in [-0.1, -0.05) is 61.1 Å². The first-order chi connectivity index (χ1) is 23.4. The van der Waals surface area contributed by atoms with Gasteiger partial charge in [0.2, 0.25) is 0 Å². The van der Waals surface area contributed by atoms with E-state index in [0.717, 1.165) is 24.8 Å². The van der Waals surface area contributed by atoms with Gasteiger partial charge in [-0.25, -0.2) is 4.79 Å². The van der Waals surface area contributed by atoms with E-state index in [1.807, 2.05) is 13.8 Å². The van der Waals surface area contributed by atoms with Gasteiger partial charge in [-0.05, 0) is 90.2 Å².